The van der Waals surface area contributed by atoms with E-state index in [0.29, 0.717) is 5.56 Å². The van der Waals surface area contributed by atoms with Crippen molar-refractivity contribution in [2.45, 2.75) is 6.04 Å². The predicted octanol–water partition coefficient (Wildman–Crippen LogP) is -1.09. The number of rotatable bonds is 5. The number of nitrogens with zero attached hydrogens (tertiary/aromatic N) is 1. The SMILES string of the molecule is NC(N)=NC(=O)NCC(=O)NC(C(=O)O)c1ccccc1. The van der Waals surface area contributed by atoms with Gasteiger partial charge in [-0.05, 0) is 5.56 Å². The number of aliphatic carboxylic acids is 1. The zero-order chi connectivity index (χ0) is 15.8. The summed E-state index contributed by atoms with van der Waals surface area (Å²) in [5, 5.41) is 13.5. The third-order valence-electron chi connectivity index (χ3n) is 2.32. The van der Waals surface area contributed by atoms with Gasteiger partial charge in [0.1, 0.15) is 0 Å². The largest absolute Gasteiger partial charge is 0.479 e. The molecule has 1 rings (SSSR count). The average Bonchev–Trinajstić information content (AvgIpc) is 2.42. The topological polar surface area (TPSA) is 160 Å². The lowest BCUT2D eigenvalue weighted by Gasteiger charge is -2.14. The van der Waals surface area contributed by atoms with E-state index >= 15 is 0 Å². The molecule has 3 amide bonds. The highest BCUT2D eigenvalue weighted by atomic mass is 16.4. The lowest BCUT2D eigenvalue weighted by atomic mass is 10.1. The standard InChI is InChI=1S/C12H15N5O4/c13-11(14)17-12(21)15-6-8(18)16-9(10(19)20)7-4-2-1-3-5-7/h1-5,9H,6H2,(H,16,18)(H,19,20)(H5,13,14,15,17,21). The Balaban J connectivity index is 2.61. The number of amides is 3. The van der Waals surface area contributed by atoms with Crippen molar-refractivity contribution < 1.29 is 19.5 Å². The zero-order valence-corrected chi connectivity index (χ0v) is 10.9. The average molecular weight is 293 g/mol. The molecule has 0 radical (unpaired) electrons. The fraction of sp³-hybridized carbons (Fsp3) is 0.167. The van der Waals surface area contributed by atoms with Gasteiger partial charge in [-0.3, -0.25) is 4.79 Å². The molecule has 0 aromatic heterocycles. The molecular weight excluding hydrogens is 278 g/mol. The molecule has 0 fully saturated rings. The van der Waals surface area contributed by atoms with Crippen LogP contribution < -0.4 is 22.1 Å². The van der Waals surface area contributed by atoms with Gasteiger partial charge in [-0.25, -0.2) is 9.59 Å². The van der Waals surface area contributed by atoms with Gasteiger partial charge in [-0.1, -0.05) is 30.3 Å². The minimum atomic E-state index is -1.22. The number of nitrogens with one attached hydrogen (secondary N) is 2. The molecule has 1 unspecified atom stereocenters. The number of carboxylic acid groups (broad SMARTS) is 1. The summed E-state index contributed by atoms with van der Waals surface area (Å²) in [5.74, 6) is -2.35. The van der Waals surface area contributed by atoms with E-state index in [1.165, 1.54) is 0 Å². The summed E-state index contributed by atoms with van der Waals surface area (Å²) in [7, 11) is 0. The molecule has 0 aliphatic carbocycles. The van der Waals surface area contributed by atoms with Crippen LogP contribution in [-0.2, 0) is 9.59 Å². The van der Waals surface area contributed by atoms with Gasteiger partial charge < -0.3 is 27.2 Å². The Bertz CT molecular complexity index is 554. The highest BCUT2D eigenvalue weighted by Crippen LogP contribution is 2.12. The van der Waals surface area contributed by atoms with Crippen LogP contribution in [-0.4, -0.2) is 35.5 Å². The van der Waals surface area contributed by atoms with E-state index in [4.69, 9.17) is 16.6 Å². The summed E-state index contributed by atoms with van der Waals surface area (Å²) in [6, 6.07) is 6.05. The molecule has 0 spiro atoms. The van der Waals surface area contributed by atoms with Gasteiger partial charge in [0.2, 0.25) is 5.91 Å². The Morgan fingerprint density at radius 1 is 1.19 bits per heavy atom. The molecule has 9 nitrogen and oxygen atoms in total. The number of carboxylic acids is 1. The minimum absolute atomic E-state index is 0.411. The smallest absolute Gasteiger partial charge is 0.344 e. The van der Waals surface area contributed by atoms with E-state index in [-0.39, 0.29) is 0 Å². The maximum Gasteiger partial charge on any atom is 0.344 e. The molecule has 0 aliphatic heterocycles. The van der Waals surface area contributed by atoms with Crippen molar-refractivity contribution in [2.75, 3.05) is 6.54 Å². The molecule has 1 aromatic carbocycles. The first kappa shape index (κ1) is 16.0. The quantitative estimate of drug-likeness (QED) is 0.342. The Hall–Kier alpha value is -3.10. The van der Waals surface area contributed by atoms with Crippen molar-refractivity contribution in [3.63, 3.8) is 0 Å². The summed E-state index contributed by atoms with van der Waals surface area (Å²) in [6.07, 6.45) is 0. The molecule has 21 heavy (non-hydrogen) atoms. The highest BCUT2D eigenvalue weighted by molar-refractivity contribution is 5.93. The third-order valence-corrected chi connectivity index (χ3v) is 2.32. The molecule has 7 N–H and O–H groups in total. The third kappa shape index (κ3) is 5.59. The monoisotopic (exact) mass is 293 g/mol. The number of guanidine groups is 1. The van der Waals surface area contributed by atoms with Crippen LogP contribution in [0.2, 0.25) is 0 Å². The minimum Gasteiger partial charge on any atom is -0.479 e. The van der Waals surface area contributed by atoms with Crippen LogP contribution in [0.5, 0.6) is 0 Å². The molecule has 0 saturated carbocycles. The number of urea groups is 1. The fourth-order valence-corrected chi connectivity index (χ4v) is 1.46. The highest BCUT2D eigenvalue weighted by Gasteiger charge is 2.21. The lowest BCUT2D eigenvalue weighted by Crippen LogP contribution is -2.41. The first-order valence-corrected chi connectivity index (χ1v) is 5.84. The van der Waals surface area contributed by atoms with E-state index in [2.05, 4.69) is 15.6 Å². The second-order valence-electron chi connectivity index (χ2n) is 3.94. The summed E-state index contributed by atoms with van der Waals surface area (Å²) in [5.41, 5.74) is 10.4. The van der Waals surface area contributed by atoms with Crippen LogP contribution in [0.15, 0.2) is 35.3 Å². The summed E-state index contributed by atoms with van der Waals surface area (Å²) >= 11 is 0. The van der Waals surface area contributed by atoms with Crippen molar-refractivity contribution in [3.8, 4) is 0 Å². The van der Waals surface area contributed by atoms with Gasteiger partial charge in [0, 0.05) is 0 Å². The maximum atomic E-state index is 11.6. The van der Waals surface area contributed by atoms with Gasteiger partial charge in [0.05, 0.1) is 6.54 Å². The normalized spacial score (nSPS) is 11.0. The Kier molecular flexibility index (Phi) is 5.68. The lowest BCUT2D eigenvalue weighted by molar-refractivity contribution is -0.141. The number of hydrogen-bond acceptors (Lipinski definition) is 3. The van der Waals surface area contributed by atoms with Crippen molar-refractivity contribution >= 4 is 23.9 Å². The van der Waals surface area contributed by atoms with E-state index in [9.17, 15) is 14.4 Å². The molecular formula is C12H15N5O4. The van der Waals surface area contributed by atoms with Gasteiger partial charge in [0.15, 0.2) is 12.0 Å². The summed E-state index contributed by atoms with van der Waals surface area (Å²) < 4.78 is 0. The van der Waals surface area contributed by atoms with E-state index in [1.807, 2.05) is 0 Å². The molecule has 0 saturated heterocycles. The molecule has 0 bridgehead atoms. The van der Waals surface area contributed by atoms with Crippen LogP contribution in [0.1, 0.15) is 11.6 Å². The number of aliphatic imine (C=N–C) groups is 1. The van der Waals surface area contributed by atoms with Crippen LogP contribution in [0.25, 0.3) is 0 Å². The van der Waals surface area contributed by atoms with Gasteiger partial charge in [0.25, 0.3) is 0 Å². The number of carbonyl (C=O) groups is 3. The summed E-state index contributed by atoms with van der Waals surface area (Å²) in [4.78, 5) is 37.0. The Morgan fingerprint density at radius 3 is 2.33 bits per heavy atom. The number of carbonyl (C=O) groups excluding carboxylic acids is 2. The first-order valence-electron chi connectivity index (χ1n) is 5.84. The molecule has 1 aromatic rings. The van der Waals surface area contributed by atoms with Gasteiger partial charge in [-0.15, -0.1) is 0 Å². The molecule has 9 heteroatoms. The number of hydrogen-bond donors (Lipinski definition) is 5. The predicted molar refractivity (Wildman–Crippen MR) is 74.2 cm³/mol. The van der Waals surface area contributed by atoms with E-state index in [1.54, 1.807) is 30.3 Å². The molecule has 1 atom stereocenters. The van der Waals surface area contributed by atoms with E-state index < -0.39 is 36.5 Å². The van der Waals surface area contributed by atoms with E-state index in [0.717, 1.165) is 0 Å². The molecule has 112 valence electrons. The van der Waals surface area contributed by atoms with Crippen molar-refractivity contribution in [2.24, 2.45) is 16.5 Å². The van der Waals surface area contributed by atoms with Crippen LogP contribution >= 0.6 is 0 Å². The summed E-state index contributed by atoms with van der Waals surface area (Å²) in [6.45, 7) is -0.452. The Labute approximate surface area is 120 Å². The van der Waals surface area contributed by atoms with Gasteiger partial charge >= 0.3 is 12.0 Å². The maximum absolute atomic E-state index is 11.6. The van der Waals surface area contributed by atoms with Crippen LogP contribution in [0.3, 0.4) is 0 Å². The second-order valence-corrected chi connectivity index (χ2v) is 3.94. The molecule has 0 aliphatic rings. The van der Waals surface area contributed by atoms with Crippen LogP contribution in [0, 0.1) is 0 Å². The molecule has 0 heterocycles. The Morgan fingerprint density at radius 2 is 1.81 bits per heavy atom. The zero-order valence-electron chi connectivity index (χ0n) is 10.9. The second kappa shape index (κ2) is 7.48. The van der Waals surface area contributed by atoms with Gasteiger partial charge in [-0.2, -0.15) is 4.99 Å². The van der Waals surface area contributed by atoms with Crippen molar-refractivity contribution in [1.29, 1.82) is 0 Å². The van der Waals surface area contributed by atoms with Crippen molar-refractivity contribution in [3.05, 3.63) is 35.9 Å². The number of benzene rings is 1. The number of nitrogens with two attached hydrogens (primary N) is 2. The van der Waals surface area contributed by atoms with Crippen LogP contribution in [0.4, 0.5) is 4.79 Å². The fourth-order valence-electron chi connectivity index (χ4n) is 1.46. The van der Waals surface area contributed by atoms with Crippen molar-refractivity contribution in [1.82, 2.24) is 10.6 Å². The first-order chi connectivity index (χ1) is 9.90.